The van der Waals surface area contributed by atoms with Crippen LogP contribution in [0.3, 0.4) is 0 Å². The Morgan fingerprint density at radius 2 is 1.71 bits per heavy atom. The zero-order valence-electron chi connectivity index (χ0n) is 20.3. The summed E-state index contributed by atoms with van der Waals surface area (Å²) in [5, 5.41) is 0. The Morgan fingerprint density at radius 1 is 1.06 bits per heavy atom. The minimum atomic E-state index is -4.23. The molecule has 5 rings (SSSR count). The summed E-state index contributed by atoms with van der Waals surface area (Å²) in [5.74, 6) is -1.51. The molecule has 0 N–H and O–H groups in total. The number of hydrogen-bond donors (Lipinski definition) is 0. The number of hydrogen-bond acceptors (Lipinski definition) is 7. The van der Waals surface area contributed by atoms with Crippen LogP contribution in [0, 0.1) is 6.92 Å². The molecule has 0 saturated carbocycles. The monoisotopic (exact) mass is 498 g/mol. The third kappa shape index (κ3) is 2.51. The van der Waals surface area contributed by atoms with Crippen molar-refractivity contribution in [3.8, 4) is 0 Å². The normalized spacial score (nSPS) is 27.7. The Morgan fingerprint density at radius 3 is 2.31 bits per heavy atom. The number of rotatable bonds is 2. The largest absolute Gasteiger partial charge is 0.467 e. The third-order valence-corrected chi connectivity index (χ3v) is 8.91. The molecule has 3 unspecified atom stereocenters. The second-order valence-corrected chi connectivity index (χ2v) is 11.9. The summed E-state index contributed by atoms with van der Waals surface area (Å²) in [6.07, 6.45) is -0.857. The second-order valence-electron chi connectivity index (χ2n) is 10.1. The molecule has 10 heteroatoms. The van der Waals surface area contributed by atoms with Crippen molar-refractivity contribution in [2.45, 2.75) is 62.2 Å². The van der Waals surface area contributed by atoms with Gasteiger partial charge >= 0.3 is 12.1 Å². The number of benzene rings is 2. The molecule has 0 bridgehead atoms. The number of Topliss-reactive ketones (excluding diaryl/α,β-unsaturated/α-hetero) is 1. The predicted octanol–water partition coefficient (Wildman–Crippen LogP) is 3.21. The van der Waals surface area contributed by atoms with E-state index < -0.39 is 50.6 Å². The summed E-state index contributed by atoms with van der Waals surface area (Å²) in [5.41, 5.74) is -3.44. The summed E-state index contributed by atoms with van der Waals surface area (Å²) >= 11 is 0. The topological polar surface area (TPSA) is 110 Å². The van der Waals surface area contributed by atoms with E-state index in [4.69, 9.17) is 9.47 Å². The first-order valence-corrected chi connectivity index (χ1v) is 12.6. The number of ketones is 1. The molecule has 35 heavy (non-hydrogen) atoms. The molecule has 1 fully saturated rings. The molecule has 0 aromatic heterocycles. The summed E-state index contributed by atoms with van der Waals surface area (Å²) in [6, 6.07) is 10.1. The van der Waals surface area contributed by atoms with Crippen molar-refractivity contribution in [3.63, 3.8) is 0 Å². The van der Waals surface area contributed by atoms with Gasteiger partial charge in [-0.2, -0.15) is 4.31 Å². The zero-order valence-corrected chi connectivity index (χ0v) is 21.1. The molecule has 9 nitrogen and oxygen atoms in total. The first-order chi connectivity index (χ1) is 16.3. The van der Waals surface area contributed by atoms with Crippen LogP contribution in [0.4, 0.5) is 10.5 Å². The maximum absolute atomic E-state index is 13.9. The number of sulfonamides is 1. The molecule has 3 atom stereocenters. The van der Waals surface area contributed by atoms with Gasteiger partial charge in [-0.1, -0.05) is 35.9 Å². The van der Waals surface area contributed by atoms with Crippen molar-refractivity contribution >= 4 is 33.6 Å². The molecule has 3 aliphatic heterocycles. The number of anilines is 1. The van der Waals surface area contributed by atoms with Gasteiger partial charge in [0.2, 0.25) is 10.0 Å². The Labute approximate surface area is 203 Å². The Bertz CT molecular complexity index is 1430. The average molecular weight is 499 g/mol. The molecule has 0 aliphatic carbocycles. The van der Waals surface area contributed by atoms with Gasteiger partial charge in [0.25, 0.3) is 0 Å². The second kappa shape index (κ2) is 6.92. The fraction of sp³-hybridized carbons (Fsp3) is 0.400. The molecule has 0 spiro atoms. The van der Waals surface area contributed by atoms with Crippen LogP contribution in [0.5, 0.6) is 0 Å². The molecule has 184 valence electrons. The van der Waals surface area contributed by atoms with Crippen LogP contribution in [0.1, 0.15) is 50.4 Å². The van der Waals surface area contributed by atoms with Crippen molar-refractivity contribution < 1.29 is 32.3 Å². The quantitative estimate of drug-likeness (QED) is 0.585. The molecule has 1 amide bonds. The van der Waals surface area contributed by atoms with E-state index in [1.807, 2.05) is 0 Å². The van der Waals surface area contributed by atoms with E-state index in [0.717, 1.165) is 11.4 Å². The van der Waals surface area contributed by atoms with E-state index in [2.05, 4.69) is 0 Å². The maximum Gasteiger partial charge on any atom is 0.415 e. The molecular formula is C25H26N2O7S. The SMILES string of the molecule is COC(=O)C12c3cc(C)ccc3S(=O)(=O)N1C1c3ccccc3N(C(=O)OC(C)(C)C)C12C(C)=O. The Balaban J connectivity index is 1.93. The van der Waals surface area contributed by atoms with E-state index >= 15 is 0 Å². The van der Waals surface area contributed by atoms with Gasteiger partial charge in [0.15, 0.2) is 16.9 Å². The van der Waals surface area contributed by atoms with Crippen molar-refractivity contribution in [2.75, 3.05) is 12.0 Å². The number of methoxy groups -OCH3 is 1. The standard InChI is InChI=1S/C25H26N2O7S/c1-14-11-12-19-17(13-14)25(21(29)33-6)24(15(2)28)20(27(25)35(19,31)32)16-9-7-8-10-18(16)26(24)22(30)34-23(3,4)5/h7-13,20H,1-6H3. The minimum absolute atomic E-state index is 0.0925. The van der Waals surface area contributed by atoms with Crippen molar-refractivity contribution in [1.82, 2.24) is 4.31 Å². The lowest BCUT2D eigenvalue weighted by molar-refractivity contribution is -0.183. The molecule has 3 heterocycles. The summed E-state index contributed by atoms with van der Waals surface area (Å²) in [6.45, 7) is 8.08. The smallest absolute Gasteiger partial charge is 0.415 e. The lowest BCUT2D eigenvalue weighted by atomic mass is 9.58. The number of para-hydroxylation sites is 1. The summed E-state index contributed by atoms with van der Waals surface area (Å²) in [7, 11) is -3.09. The molecule has 2 aromatic rings. The fourth-order valence-electron chi connectivity index (χ4n) is 5.97. The lowest BCUT2D eigenvalue weighted by Crippen LogP contribution is -2.85. The third-order valence-electron chi connectivity index (χ3n) is 6.99. The van der Waals surface area contributed by atoms with Gasteiger partial charge in [0.1, 0.15) is 5.60 Å². The Hall–Kier alpha value is -3.24. The van der Waals surface area contributed by atoms with Crippen LogP contribution in [0.25, 0.3) is 0 Å². The summed E-state index contributed by atoms with van der Waals surface area (Å²) in [4.78, 5) is 42.3. The number of amides is 1. The van der Waals surface area contributed by atoms with Gasteiger partial charge in [-0.15, -0.1) is 0 Å². The van der Waals surface area contributed by atoms with Gasteiger partial charge in [0.05, 0.1) is 23.7 Å². The van der Waals surface area contributed by atoms with Crippen LogP contribution in [-0.2, 0) is 34.6 Å². The Kier molecular flexibility index (Phi) is 4.64. The van der Waals surface area contributed by atoms with Gasteiger partial charge in [-0.05, 0) is 52.3 Å². The number of fused-ring (bicyclic) bond motifs is 8. The first kappa shape index (κ1) is 23.5. The highest BCUT2D eigenvalue weighted by Crippen LogP contribution is 2.73. The number of carbonyl (C=O) groups excluding carboxylic acids is 3. The molecular weight excluding hydrogens is 472 g/mol. The molecule has 1 saturated heterocycles. The van der Waals surface area contributed by atoms with Gasteiger partial charge in [0, 0.05) is 5.56 Å². The number of nitrogens with zero attached hydrogens (tertiary/aromatic N) is 2. The van der Waals surface area contributed by atoms with Crippen LogP contribution in [0.15, 0.2) is 47.4 Å². The summed E-state index contributed by atoms with van der Waals surface area (Å²) < 4.78 is 39.7. The molecule has 2 aromatic carbocycles. The van der Waals surface area contributed by atoms with Gasteiger partial charge in [-0.25, -0.2) is 18.0 Å². The van der Waals surface area contributed by atoms with Crippen molar-refractivity contribution in [1.29, 1.82) is 0 Å². The number of aryl methyl sites for hydroxylation is 1. The van der Waals surface area contributed by atoms with Crippen molar-refractivity contribution in [2.24, 2.45) is 0 Å². The maximum atomic E-state index is 13.9. The van der Waals surface area contributed by atoms with E-state index in [1.165, 1.54) is 17.9 Å². The highest BCUT2D eigenvalue weighted by Gasteiger charge is 2.90. The highest BCUT2D eigenvalue weighted by atomic mass is 32.2. The lowest BCUT2D eigenvalue weighted by Gasteiger charge is -2.63. The van der Waals surface area contributed by atoms with Crippen LogP contribution < -0.4 is 4.90 Å². The number of carbonyl (C=O) groups is 3. The highest BCUT2D eigenvalue weighted by molar-refractivity contribution is 7.89. The number of esters is 1. The van der Waals surface area contributed by atoms with Crippen molar-refractivity contribution in [3.05, 3.63) is 59.2 Å². The van der Waals surface area contributed by atoms with Gasteiger partial charge < -0.3 is 9.47 Å². The van der Waals surface area contributed by atoms with E-state index in [0.29, 0.717) is 16.8 Å². The zero-order chi connectivity index (χ0) is 25.7. The predicted molar refractivity (Wildman–Crippen MR) is 125 cm³/mol. The minimum Gasteiger partial charge on any atom is -0.467 e. The van der Waals surface area contributed by atoms with Crippen LogP contribution in [-0.4, -0.2) is 48.8 Å². The van der Waals surface area contributed by atoms with Crippen LogP contribution >= 0.6 is 0 Å². The average Bonchev–Trinajstić information content (AvgIpc) is 3.09. The first-order valence-electron chi connectivity index (χ1n) is 11.1. The van der Waals surface area contributed by atoms with E-state index in [1.54, 1.807) is 64.1 Å². The van der Waals surface area contributed by atoms with Crippen LogP contribution in [0.2, 0.25) is 0 Å². The molecule has 3 aliphatic rings. The fourth-order valence-corrected chi connectivity index (χ4v) is 8.12. The van der Waals surface area contributed by atoms with Gasteiger partial charge in [-0.3, -0.25) is 9.69 Å². The van der Waals surface area contributed by atoms with E-state index in [-0.39, 0.29) is 10.5 Å². The van der Waals surface area contributed by atoms with E-state index in [9.17, 15) is 22.8 Å². The molecule has 0 radical (unpaired) electrons. The number of ether oxygens (including phenoxy) is 2.